The van der Waals surface area contributed by atoms with Crippen LogP contribution in [-0.2, 0) is 0 Å². The van der Waals surface area contributed by atoms with Gasteiger partial charge < -0.3 is 15.4 Å². The molecular formula is C16H16F2N2O2. The zero-order valence-corrected chi connectivity index (χ0v) is 12.0. The molecule has 0 saturated carbocycles. The first-order valence-corrected chi connectivity index (χ1v) is 6.74. The molecule has 0 radical (unpaired) electrons. The van der Waals surface area contributed by atoms with Gasteiger partial charge in [0.05, 0.1) is 12.2 Å². The summed E-state index contributed by atoms with van der Waals surface area (Å²) in [5, 5.41) is 4.74. The Hall–Kier alpha value is -2.63. The first-order chi connectivity index (χ1) is 10.5. The summed E-state index contributed by atoms with van der Waals surface area (Å²) in [7, 11) is 0. The molecule has 22 heavy (non-hydrogen) atoms. The van der Waals surface area contributed by atoms with Crippen LogP contribution in [0.5, 0.6) is 5.75 Å². The number of amides is 2. The van der Waals surface area contributed by atoms with E-state index in [0.717, 1.165) is 23.8 Å². The van der Waals surface area contributed by atoms with E-state index >= 15 is 0 Å². The minimum Gasteiger partial charge on any atom is -0.492 e. The quantitative estimate of drug-likeness (QED) is 0.831. The Labute approximate surface area is 127 Å². The smallest absolute Gasteiger partial charge is 0.319 e. The molecule has 0 unspecified atom stereocenters. The van der Waals surface area contributed by atoms with E-state index in [1.54, 1.807) is 0 Å². The highest BCUT2D eigenvalue weighted by molar-refractivity contribution is 5.89. The van der Waals surface area contributed by atoms with E-state index in [4.69, 9.17) is 4.74 Å². The number of hydrogen-bond acceptors (Lipinski definition) is 2. The van der Waals surface area contributed by atoms with Crippen molar-refractivity contribution in [1.82, 2.24) is 5.32 Å². The molecule has 4 nitrogen and oxygen atoms in total. The van der Waals surface area contributed by atoms with Crippen LogP contribution in [0.25, 0.3) is 0 Å². The van der Waals surface area contributed by atoms with Gasteiger partial charge in [-0.05, 0) is 36.8 Å². The molecule has 116 valence electrons. The number of urea groups is 1. The maximum absolute atomic E-state index is 13.3. The van der Waals surface area contributed by atoms with Gasteiger partial charge in [0.1, 0.15) is 24.0 Å². The summed E-state index contributed by atoms with van der Waals surface area (Å²) in [5.41, 5.74) is 0.863. The number of halogens is 2. The third-order valence-corrected chi connectivity index (χ3v) is 2.82. The molecule has 0 aliphatic carbocycles. The molecule has 6 heteroatoms. The molecule has 0 aliphatic heterocycles. The van der Waals surface area contributed by atoms with Crippen LogP contribution in [0.2, 0.25) is 0 Å². The molecule has 0 bridgehead atoms. The van der Waals surface area contributed by atoms with Crippen molar-refractivity contribution >= 4 is 11.7 Å². The van der Waals surface area contributed by atoms with E-state index in [2.05, 4.69) is 10.6 Å². The highest BCUT2D eigenvalue weighted by Crippen LogP contribution is 2.15. The standard InChI is InChI=1S/C16H16F2N2O2/c1-11-3-2-4-13(9-11)22-8-7-19-16(21)20-15-10-12(17)5-6-14(15)18/h2-6,9-10H,7-8H2,1H3,(H2,19,20,21). The van der Waals surface area contributed by atoms with E-state index < -0.39 is 17.7 Å². The molecule has 2 amide bonds. The second-order valence-electron chi connectivity index (χ2n) is 4.67. The molecular weight excluding hydrogens is 290 g/mol. The molecule has 0 fully saturated rings. The first-order valence-electron chi connectivity index (χ1n) is 6.74. The van der Waals surface area contributed by atoms with Crippen molar-refractivity contribution in [2.75, 3.05) is 18.5 Å². The molecule has 0 spiro atoms. The largest absolute Gasteiger partial charge is 0.492 e. The molecule has 2 rings (SSSR count). The third kappa shape index (κ3) is 4.73. The Kier molecular flexibility index (Phi) is 5.30. The van der Waals surface area contributed by atoms with Gasteiger partial charge in [-0.1, -0.05) is 12.1 Å². The van der Waals surface area contributed by atoms with Crippen molar-refractivity contribution in [3.05, 3.63) is 59.7 Å². The van der Waals surface area contributed by atoms with E-state index in [0.29, 0.717) is 5.75 Å². The van der Waals surface area contributed by atoms with Gasteiger partial charge in [0.25, 0.3) is 0 Å². The molecule has 0 heterocycles. The summed E-state index contributed by atoms with van der Waals surface area (Å²) in [6.45, 7) is 2.45. The summed E-state index contributed by atoms with van der Waals surface area (Å²) in [6, 6.07) is 9.73. The Morgan fingerprint density at radius 1 is 1.18 bits per heavy atom. The zero-order chi connectivity index (χ0) is 15.9. The number of anilines is 1. The molecule has 2 aromatic rings. The SMILES string of the molecule is Cc1cccc(OCCNC(=O)Nc2cc(F)ccc2F)c1. The molecule has 0 saturated heterocycles. The minimum atomic E-state index is -0.701. The monoisotopic (exact) mass is 306 g/mol. The van der Waals surface area contributed by atoms with Crippen molar-refractivity contribution < 1.29 is 18.3 Å². The summed E-state index contributed by atoms with van der Waals surface area (Å²) >= 11 is 0. The van der Waals surface area contributed by atoms with Gasteiger partial charge >= 0.3 is 6.03 Å². The molecule has 0 atom stereocenters. The Morgan fingerprint density at radius 2 is 2.00 bits per heavy atom. The van der Waals surface area contributed by atoms with E-state index in [1.807, 2.05) is 31.2 Å². The van der Waals surface area contributed by atoms with E-state index in [9.17, 15) is 13.6 Å². The fourth-order valence-electron chi connectivity index (χ4n) is 1.80. The highest BCUT2D eigenvalue weighted by Gasteiger charge is 2.07. The lowest BCUT2D eigenvalue weighted by atomic mass is 10.2. The van der Waals surface area contributed by atoms with Crippen LogP contribution in [0.1, 0.15) is 5.56 Å². The van der Waals surface area contributed by atoms with Gasteiger partial charge in [-0.3, -0.25) is 0 Å². The fourth-order valence-corrected chi connectivity index (χ4v) is 1.80. The van der Waals surface area contributed by atoms with Crippen LogP contribution >= 0.6 is 0 Å². The number of nitrogens with one attached hydrogen (secondary N) is 2. The lowest BCUT2D eigenvalue weighted by Crippen LogP contribution is -2.32. The number of aryl methyl sites for hydroxylation is 1. The molecule has 2 N–H and O–H groups in total. The number of rotatable bonds is 5. The maximum atomic E-state index is 13.3. The van der Waals surface area contributed by atoms with Crippen LogP contribution in [0.3, 0.4) is 0 Å². The van der Waals surface area contributed by atoms with Crippen molar-refractivity contribution in [2.45, 2.75) is 6.92 Å². The average molecular weight is 306 g/mol. The highest BCUT2D eigenvalue weighted by atomic mass is 19.1. The summed E-state index contributed by atoms with van der Waals surface area (Å²) < 4.78 is 31.8. The van der Waals surface area contributed by atoms with Crippen molar-refractivity contribution in [3.63, 3.8) is 0 Å². The van der Waals surface area contributed by atoms with Crippen molar-refractivity contribution in [2.24, 2.45) is 0 Å². The first kappa shape index (κ1) is 15.8. The lowest BCUT2D eigenvalue weighted by molar-refractivity contribution is 0.247. The zero-order valence-electron chi connectivity index (χ0n) is 12.0. The number of benzene rings is 2. The fraction of sp³-hybridized carbons (Fsp3) is 0.188. The van der Waals surface area contributed by atoms with Crippen LogP contribution in [0.15, 0.2) is 42.5 Å². The van der Waals surface area contributed by atoms with Gasteiger partial charge in [-0.25, -0.2) is 13.6 Å². The van der Waals surface area contributed by atoms with Crippen molar-refractivity contribution in [1.29, 1.82) is 0 Å². The predicted molar refractivity (Wildman–Crippen MR) is 80.1 cm³/mol. The van der Waals surface area contributed by atoms with Crippen LogP contribution < -0.4 is 15.4 Å². The lowest BCUT2D eigenvalue weighted by Gasteiger charge is -2.10. The number of carbonyl (C=O) groups excluding carboxylic acids is 1. The molecule has 2 aromatic carbocycles. The summed E-state index contributed by atoms with van der Waals surface area (Å²) in [5.74, 6) is -0.620. The number of ether oxygens (including phenoxy) is 1. The molecule has 0 aromatic heterocycles. The van der Waals surface area contributed by atoms with Gasteiger partial charge in [-0.2, -0.15) is 0 Å². The summed E-state index contributed by atoms with van der Waals surface area (Å²) in [4.78, 5) is 11.6. The molecule has 0 aliphatic rings. The van der Waals surface area contributed by atoms with Gasteiger partial charge in [0.2, 0.25) is 0 Å². The van der Waals surface area contributed by atoms with Gasteiger partial charge in [0, 0.05) is 6.07 Å². The third-order valence-electron chi connectivity index (χ3n) is 2.82. The van der Waals surface area contributed by atoms with E-state index in [1.165, 1.54) is 0 Å². The van der Waals surface area contributed by atoms with Crippen LogP contribution in [0.4, 0.5) is 19.3 Å². The Bertz CT molecular complexity index is 662. The average Bonchev–Trinajstić information content (AvgIpc) is 2.48. The Balaban J connectivity index is 1.75. The van der Waals surface area contributed by atoms with Gasteiger partial charge in [0.15, 0.2) is 0 Å². The number of hydrogen-bond donors (Lipinski definition) is 2. The second-order valence-corrected chi connectivity index (χ2v) is 4.67. The van der Waals surface area contributed by atoms with E-state index in [-0.39, 0.29) is 18.8 Å². The summed E-state index contributed by atoms with van der Waals surface area (Å²) in [6.07, 6.45) is 0. The van der Waals surface area contributed by atoms with Crippen molar-refractivity contribution in [3.8, 4) is 5.75 Å². The Morgan fingerprint density at radius 3 is 2.77 bits per heavy atom. The normalized spacial score (nSPS) is 10.1. The number of carbonyl (C=O) groups is 1. The second kappa shape index (κ2) is 7.40. The van der Waals surface area contributed by atoms with Crippen LogP contribution in [-0.4, -0.2) is 19.2 Å². The predicted octanol–water partition coefficient (Wildman–Crippen LogP) is 3.47. The van der Waals surface area contributed by atoms with Crippen LogP contribution in [0, 0.1) is 18.6 Å². The minimum absolute atomic E-state index is 0.211. The topological polar surface area (TPSA) is 50.4 Å². The maximum Gasteiger partial charge on any atom is 0.319 e. The van der Waals surface area contributed by atoms with Gasteiger partial charge in [-0.15, -0.1) is 0 Å².